The molecule has 0 unspecified atom stereocenters. The van der Waals surface area contributed by atoms with Crippen LogP contribution in [0.5, 0.6) is 0 Å². The fraction of sp³-hybridized carbons (Fsp3) is 0.289. The first-order chi connectivity index (χ1) is 23.8. The lowest BCUT2D eigenvalue weighted by molar-refractivity contribution is -0.384. The Kier molecular flexibility index (Phi) is 10.7. The van der Waals surface area contributed by atoms with Crippen LogP contribution in [0.4, 0.5) is 22.7 Å². The molecule has 1 fully saturated rings. The molecule has 6 rings (SSSR count). The standard InChI is InChI=1S/C38H38ClN5O5/c39-29-16-19-35-33(25-29)40-37(46)32-11-6-7-12-34(32)43(35)36(45)13-5-2-8-22-42(38(47)28-14-17-31(18-15-28)44(48)49)30-20-23-41(24-21-30)26-27-9-3-1-4-10-27/h1,3-4,6-7,9-12,14-19,25,30H,2,5,8,13,20-24,26H2,(H,40,46). The number of hydrogen-bond acceptors (Lipinski definition) is 6. The lowest BCUT2D eigenvalue weighted by Crippen LogP contribution is -2.47. The lowest BCUT2D eigenvalue weighted by Gasteiger charge is -2.39. The number of hydrogen-bond donors (Lipinski definition) is 1. The highest BCUT2D eigenvalue weighted by Crippen LogP contribution is 2.39. The van der Waals surface area contributed by atoms with Crippen LogP contribution in [0.3, 0.4) is 0 Å². The van der Waals surface area contributed by atoms with Crippen LogP contribution in [-0.2, 0) is 11.3 Å². The van der Waals surface area contributed by atoms with Crippen LogP contribution in [0.1, 0.15) is 64.8 Å². The van der Waals surface area contributed by atoms with Gasteiger partial charge < -0.3 is 10.2 Å². The number of unbranched alkanes of at least 4 members (excludes halogenated alkanes) is 2. The first-order valence-corrected chi connectivity index (χ1v) is 17.0. The van der Waals surface area contributed by atoms with Crippen LogP contribution >= 0.6 is 11.6 Å². The van der Waals surface area contributed by atoms with Crippen LogP contribution in [0.25, 0.3) is 0 Å². The van der Waals surface area contributed by atoms with Crippen molar-refractivity contribution in [1.29, 1.82) is 0 Å². The summed E-state index contributed by atoms with van der Waals surface area (Å²) >= 11 is 6.22. The normalized spacial score (nSPS) is 14.7. The summed E-state index contributed by atoms with van der Waals surface area (Å²) in [6, 6.07) is 28.3. The fourth-order valence-corrected chi connectivity index (χ4v) is 6.84. The third-order valence-electron chi connectivity index (χ3n) is 9.21. The SMILES string of the molecule is O=C1Nc2cc(Cl)ccc2N(C(=O)CCCCCN(C(=O)c2ccc([N+](=O)[O-])cc2)C2CCN(Cc3ccccc3)CC2)c2ccccc21. The van der Waals surface area contributed by atoms with Crippen molar-refractivity contribution < 1.29 is 19.3 Å². The molecule has 2 aliphatic rings. The molecule has 4 aromatic rings. The highest BCUT2D eigenvalue weighted by Gasteiger charge is 2.31. The second kappa shape index (κ2) is 15.4. The Hall–Kier alpha value is -5.06. The van der Waals surface area contributed by atoms with Gasteiger partial charge in [0, 0.05) is 61.4 Å². The average molecular weight is 680 g/mol. The number of halogens is 1. The van der Waals surface area contributed by atoms with E-state index in [4.69, 9.17) is 11.6 Å². The third kappa shape index (κ3) is 7.98. The van der Waals surface area contributed by atoms with Crippen LogP contribution in [0.15, 0.2) is 97.1 Å². The number of anilines is 3. The van der Waals surface area contributed by atoms with Crippen molar-refractivity contribution in [2.45, 2.75) is 51.1 Å². The van der Waals surface area contributed by atoms with Crippen molar-refractivity contribution >= 4 is 52.1 Å². The van der Waals surface area contributed by atoms with Gasteiger partial charge in [0.1, 0.15) is 0 Å². The smallest absolute Gasteiger partial charge is 0.269 e. The van der Waals surface area contributed by atoms with E-state index >= 15 is 0 Å². The van der Waals surface area contributed by atoms with E-state index in [1.165, 1.54) is 29.8 Å². The van der Waals surface area contributed by atoms with Gasteiger partial charge in [-0.15, -0.1) is 0 Å². The van der Waals surface area contributed by atoms with Crippen molar-refractivity contribution in [3.63, 3.8) is 0 Å². The number of carbonyl (C=O) groups excluding carboxylic acids is 3. The predicted molar refractivity (Wildman–Crippen MR) is 190 cm³/mol. The summed E-state index contributed by atoms with van der Waals surface area (Å²) in [6.45, 7) is 3.10. The zero-order valence-electron chi connectivity index (χ0n) is 27.1. The van der Waals surface area contributed by atoms with Crippen molar-refractivity contribution in [2.75, 3.05) is 29.9 Å². The van der Waals surface area contributed by atoms with E-state index in [9.17, 15) is 24.5 Å². The molecule has 252 valence electrons. The molecule has 3 amide bonds. The number of para-hydroxylation sites is 1. The summed E-state index contributed by atoms with van der Waals surface area (Å²) in [5.41, 5.74) is 3.58. The molecule has 0 bridgehead atoms. The van der Waals surface area contributed by atoms with Crippen molar-refractivity contribution in [3.8, 4) is 0 Å². The molecule has 0 atom stereocenters. The molecule has 11 heteroatoms. The number of rotatable bonds is 11. The molecule has 1 saturated heterocycles. The van der Waals surface area contributed by atoms with Crippen molar-refractivity contribution in [3.05, 3.63) is 129 Å². The number of benzene rings is 4. The Morgan fingerprint density at radius 3 is 2.33 bits per heavy atom. The van der Waals surface area contributed by atoms with E-state index in [-0.39, 0.29) is 35.9 Å². The number of carbonyl (C=O) groups is 3. The summed E-state index contributed by atoms with van der Waals surface area (Å²) in [6.07, 6.45) is 3.90. The number of nitrogens with one attached hydrogen (secondary N) is 1. The van der Waals surface area contributed by atoms with E-state index in [0.717, 1.165) is 32.5 Å². The summed E-state index contributed by atoms with van der Waals surface area (Å²) in [5.74, 6) is -0.587. The predicted octanol–water partition coefficient (Wildman–Crippen LogP) is 7.85. The van der Waals surface area contributed by atoms with Gasteiger partial charge in [0.25, 0.3) is 17.5 Å². The zero-order chi connectivity index (χ0) is 34.3. The molecule has 49 heavy (non-hydrogen) atoms. The molecule has 0 aliphatic carbocycles. The minimum Gasteiger partial charge on any atom is -0.336 e. The number of piperidine rings is 1. The Morgan fingerprint density at radius 2 is 1.59 bits per heavy atom. The van der Waals surface area contributed by atoms with Crippen molar-refractivity contribution in [1.82, 2.24) is 9.80 Å². The van der Waals surface area contributed by atoms with Gasteiger partial charge in [-0.3, -0.25) is 34.3 Å². The molecule has 2 heterocycles. The quantitative estimate of drug-likeness (QED) is 0.0981. The lowest BCUT2D eigenvalue weighted by atomic mass is 10.00. The Balaban J connectivity index is 1.11. The Bertz CT molecular complexity index is 1830. The first-order valence-electron chi connectivity index (χ1n) is 16.6. The maximum absolute atomic E-state index is 13.8. The van der Waals surface area contributed by atoms with E-state index in [0.29, 0.717) is 59.0 Å². The fourth-order valence-electron chi connectivity index (χ4n) is 6.67. The molecule has 2 aliphatic heterocycles. The van der Waals surface area contributed by atoms with Crippen LogP contribution in [0, 0.1) is 10.1 Å². The number of likely N-dealkylation sites (tertiary alicyclic amines) is 1. The molecule has 4 aromatic carbocycles. The number of nitrogens with zero attached hydrogens (tertiary/aromatic N) is 4. The van der Waals surface area contributed by atoms with Crippen LogP contribution in [-0.4, -0.2) is 58.1 Å². The van der Waals surface area contributed by atoms with Gasteiger partial charge in [-0.05, 0) is 73.7 Å². The molecule has 10 nitrogen and oxygen atoms in total. The van der Waals surface area contributed by atoms with Gasteiger partial charge in [-0.1, -0.05) is 60.5 Å². The molecule has 0 radical (unpaired) electrons. The number of non-ortho nitro benzene ring substituents is 1. The Morgan fingerprint density at radius 1 is 0.878 bits per heavy atom. The van der Waals surface area contributed by atoms with Gasteiger partial charge >= 0.3 is 0 Å². The molecular weight excluding hydrogens is 642 g/mol. The number of amides is 3. The van der Waals surface area contributed by atoms with E-state index in [1.807, 2.05) is 23.1 Å². The maximum atomic E-state index is 13.8. The number of nitro groups is 1. The minimum absolute atomic E-state index is 0.0401. The molecule has 1 N–H and O–H groups in total. The summed E-state index contributed by atoms with van der Waals surface area (Å²) in [5, 5.41) is 14.5. The third-order valence-corrected chi connectivity index (χ3v) is 9.44. The molecular formula is C38H38ClN5O5. The molecule has 0 aromatic heterocycles. The topological polar surface area (TPSA) is 116 Å². The van der Waals surface area contributed by atoms with Gasteiger partial charge in [0.2, 0.25) is 5.91 Å². The highest BCUT2D eigenvalue weighted by atomic mass is 35.5. The second-order valence-electron chi connectivity index (χ2n) is 12.5. The number of fused-ring (bicyclic) bond motifs is 2. The van der Waals surface area contributed by atoms with E-state index in [1.54, 1.807) is 47.4 Å². The molecule has 0 saturated carbocycles. The minimum atomic E-state index is -0.470. The van der Waals surface area contributed by atoms with Crippen molar-refractivity contribution in [2.24, 2.45) is 0 Å². The Labute approximate surface area is 290 Å². The average Bonchev–Trinajstić information content (AvgIpc) is 3.23. The summed E-state index contributed by atoms with van der Waals surface area (Å²) < 4.78 is 0. The van der Waals surface area contributed by atoms with E-state index < -0.39 is 4.92 Å². The summed E-state index contributed by atoms with van der Waals surface area (Å²) in [7, 11) is 0. The first kappa shape index (κ1) is 33.8. The highest BCUT2D eigenvalue weighted by molar-refractivity contribution is 6.31. The zero-order valence-corrected chi connectivity index (χ0v) is 27.9. The maximum Gasteiger partial charge on any atom is 0.269 e. The molecule has 0 spiro atoms. The summed E-state index contributed by atoms with van der Waals surface area (Å²) in [4.78, 5) is 57.2. The number of nitro benzene ring substituents is 1. The van der Waals surface area contributed by atoms with Gasteiger partial charge in [0.15, 0.2) is 0 Å². The second-order valence-corrected chi connectivity index (χ2v) is 12.9. The van der Waals surface area contributed by atoms with E-state index in [2.05, 4.69) is 22.3 Å². The van der Waals surface area contributed by atoms with Gasteiger partial charge in [0.05, 0.1) is 27.5 Å². The monoisotopic (exact) mass is 679 g/mol. The largest absolute Gasteiger partial charge is 0.336 e. The van der Waals surface area contributed by atoms with Gasteiger partial charge in [-0.2, -0.15) is 0 Å². The van der Waals surface area contributed by atoms with Crippen LogP contribution in [0.2, 0.25) is 5.02 Å². The van der Waals surface area contributed by atoms with Gasteiger partial charge in [-0.25, -0.2) is 0 Å². The van der Waals surface area contributed by atoms with Crippen LogP contribution < -0.4 is 10.2 Å².